The van der Waals surface area contributed by atoms with Gasteiger partial charge in [0.1, 0.15) is 0 Å². The molecule has 0 radical (unpaired) electrons. The lowest BCUT2D eigenvalue weighted by molar-refractivity contribution is 0.0932. The fraction of sp³-hybridized carbons (Fsp3) is 0.300. The number of likely N-dealkylation sites (N-methyl/N-ethyl adjacent to an activating group) is 1. The van der Waals surface area contributed by atoms with Crippen molar-refractivity contribution in [3.05, 3.63) is 71.3 Å². The third-order valence-electron chi connectivity index (χ3n) is 3.90. The summed E-state index contributed by atoms with van der Waals surface area (Å²) in [6.45, 7) is 3.31. The van der Waals surface area contributed by atoms with Crippen molar-refractivity contribution >= 4 is 11.8 Å². The van der Waals surface area contributed by atoms with Crippen molar-refractivity contribution in [3.63, 3.8) is 0 Å². The lowest BCUT2D eigenvalue weighted by atomic mass is 10.1. The van der Waals surface area contributed by atoms with Gasteiger partial charge >= 0.3 is 0 Å². The van der Waals surface area contributed by atoms with E-state index in [9.17, 15) is 9.59 Å². The maximum Gasteiger partial charge on any atom is 0.251 e. The van der Waals surface area contributed by atoms with E-state index in [1.165, 1.54) is 0 Å². The third-order valence-corrected chi connectivity index (χ3v) is 3.90. The van der Waals surface area contributed by atoms with Crippen LogP contribution in [0.3, 0.4) is 0 Å². The Kier molecular flexibility index (Phi) is 6.71. The van der Waals surface area contributed by atoms with E-state index in [1.54, 1.807) is 24.3 Å². The predicted octanol–water partition coefficient (Wildman–Crippen LogP) is 2.47. The fourth-order valence-corrected chi connectivity index (χ4v) is 2.37. The van der Waals surface area contributed by atoms with Gasteiger partial charge in [-0.3, -0.25) is 9.59 Å². The molecule has 2 aromatic rings. The standard InChI is InChI=1S/C20H25N3O2/c1-15(16-7-5-4-6-8-16)22-20(25)18-11-9-17(10-12-18)19(24)21-13-14-23(2)3/h4-12,15H,13-14H2,1-3H3,(H,21,24)(H,22,25). The molecule has 0 spiro atoms. The molecule has 0 fully saturated rings. The van der Waals surface area contributed by atoms with Crippen molar-refractivity contribution in [2.24, 2.45) is 0 Å². The molecule has 1 atom stereocenters. The first-order chi connectivity index (χ1) is 12.0. The molecule has 0 aromatic heterocycles. The second kappa shape index (κ2) is 8.99. The smallest absolute Gasteiger partial charge is 0.251 e. The van der Waals surface area contributed by atoms with E-state index in [0.717, 1.165) is 12.1 Å². The summed E-state index contributed by atoms with van der Waals surface area (Å²) >= 11 is 0. The summed E-state index contributed by atoms with van der Waals surface area (Å²) in [6, 6.07) is 16.4. The number of benzene rings is 2. The van der Waals surface area contributed by atoms with Crippen molar-refractivity contribution in [3.8, 4) is 0 Å². The maximum absolute atomic E-state index is 12.3. The Morgan fingerprint density at radius 1 is 0.920 bits per heavy atom. The highest BCUT2D eigenvalue weighted by atomic mass is 16.2. The van der Waals surface area contributed by atoms with Gasteiger partial charge in [0.15, 0.2) is 0 Å². The average molecular weight is 339 g/mol. The fourth-order valence-electron chi connectivity index (χ4n) is 2.37. The summed E-state index contributed by atoms with van der Waals surface area (Å²) in [7, 11) is 3.91. The van der Waals surface area contributed by atoms with Crippen LogP contribution in [-0.4, -0.2) is 43.9 Å². The molecule has 0 aliphatic heterocycles. The summed E-state index contributed by atoms with van der Waals surface area (Å²) in [5.74, 6) is -0.289. The van der Waals surface area contributed by atoms with Crippen molar-refractivity contribution < 1.29 is 9.59 Å². The normalized spacial score (nSPS) is 11.8. The molecular weight excluding hydrogens is 314 g/mol. The summed E-state index contributed by atoms with van der Waals surface area (Å²) in [5, 5.41) is 5.81. The zero-order valence-corrected chi connectivity index (χ0v) is 15.0. The van der Waals surface area contributed by atoms with Gasteiger partial charge < -0.3 is 15.5 Å². The van der Waals surface area contributed by atoms with Gasteiger partial charge in [0.2, 0.25) is 0 Å². The SMILES string of the molecule is CC(NC(=O)c1ccc(C(=O)NCCN(C)C)cc1)c1ccccc1. The second-order valence-electron chi connectivity index (χ2n) is 6.24. The van der Waals surface area contributed by atoms with Gasteiger partial charge in [0.25, 0.3) is 11.8 Å². The number of amides is 2. The molecule has 0 aliphatic carbocycles. The number of rotatable bonds is 7. The quantitative estimate of drug-likeness (QED) is 0.815. The highest BCUT2D eigenvalue weighted by Gasteiger charge is 2.12. The van der Waals surface area contributed by atoms with Crippen molar-refractivity contribution in [1.29, 1.82) is 0 Å². The second-order valence-corrected chi connectivity index (χ2v) is 6.24. The Morgan fingerprint density at radius 2 is 1.48 bits per heavy atom. The lowest BCUT2D eigenvalue weighted by Gasteiger charge is -2.14. The Hall–Kier alpha value is -2.66. The lowest BCUT2D eigenvalue weighted by Crippen LogP contribution is -2.31. The molecule has 5 heteroatoms. The average Bonchev–Trinajstić information content (AvgIpc) is 2.62. The van der Waals surface area contributed by atoms with Crippen LogP contribution in [0.2, 0.25) is 0 Å². The maximum atomic E-state index is 12.3. The van der Waals surface area contributed by atoms with E-state index in [1.807, 2.05) is 56.3 Å². The van der Waals surface area contributed by atoms with Crippen LogP contribution in [0, 0.1) is 0 Å². The molecule has 0 saturated heterocycles. The van der Waals surface area contributed by atoms with E-state index in [4.69, 9.17) is 0 Å². The van der Waals surface area contributed by atoms with E-state index >= 15 is 0 Å². The number of carbonyl (C=O) groups is 2. The van der Waals surface area contributed by atoms with Crippen molar-refractivity contribution in [2.75, 3.05) is 27.2 Å². The van der Waals surface area contributed by atoms with Gasteiger partial charge in [0.05, 0.1) is 6.04 Å². The molecule has 132 valence electrons. The largest absolute Gasteiger partial charge is 0.351 e. The predicted molar refractivity (Wildman–Crippen MR) is 99.7 cm³/mol. The molecule has 2 N–H and O–H groups in total. The van der Waals surface area contributed by atoms with Crippen LogP contribution in [0.1, 0.15) is 39.2 Å². The third kappa shape index (κ3) is 5.72. The van der Waals surface area contributed by atoms with E-state index in [0.29, 0.717) is 17.7 Å². The molecule has 5 nitrogen and oxygen atoms in total. The summed E-state index contributed by atoms with van der Waals surface area (Å²) in [4.78, 5) is 26.4. The number of hydrogen-bond acceptors (Lipinski definition) is 3. The van der Waals surface area contributed by atoms with E-state index in [2.05, 4.69) is 10.6 Å². The first-order valence-electron chi connectivity index (χ1n) is 8.36. The minimum Gasteiger partial charge on any atom is -0.351 e. The molecule has 0 heterocycles. The topological polar surface area (TPSA) is 61.4 Å². The molecule has 0 bridgehead atoms. The minimum atomic E-state index is -0.157. The van der Waals surface area contributed by atoms with Crippen molar-refractivity contribution in [2.45, 2.75) is 13.0 Å². The summed E-state index contributed by atoms with van der Waals surface area (Å²) in [5.41, 5.74) is 2.13. The Balaban J connectivity index is 1.92. The van der Waals surface area contributed by atoms with Gasteiger partial charge in [0, 0.05) is 24.2 Å². The zero-order chi connectivity index (χ0) is 18.2. The van der Waals surface area contributed by atoms with Gasteiger partial charge in [-0.15, -0.1) is 0 Å². The Morgan fingerprint density at radius 3 is 2.04 bits per heavy atom. The summed E-state index contributed by atoms with van der Waals surface area (Å²) in [6.07, 6.45) is 0. The zero-order valence-electron chi connectivity index (χ0n) is 15.0. The number of nitrogens with one attached hydrogen (secondary N) is 2. The monoisotopic (exact) mass is 339 g/mol. The van der Waals surface area contributed by atoms with Crippen LogP contribution in [0.4, 0.5) is 0 Å². The van der Waals surface area contributed by atoms with Crippen LogP contribution < -0.4 is 10.6 Å². The molecule has 2 aromatic carbocycles. The van der Waals surface area contributed by atoms with Gasteiger partial charge in [-0.1, -0.05) is 30.3 Å². The number of hydrogen-bond donors (Lipinski definition) is 2. The van der Waals surface area contributed by atoms with Crippen LogP contribution >= 0.6 is 0 Å². The molecule has 1 unspecified atom stereocenters. The highest BCUT2D eigenvalue weighted by molar-refractivity contribution is 5.97. The van der Waals surface area contributed by atoms with Crippen LogP contribution in [0.25, 0.3) is 0 Å². The summed E-state index contributed by atoms with van der Waals surface area (Å²) < 4.78 is 0. The molecule has 2 rings (SSSR count). The minimum absolute atomic E-state index is 0.0808. The Labute approximate surface area is 149 Å². The van der Waals surface area contributed by atoms with Gasteiger partial charge in [-0.25, -0.2) is 0 Å². The van der Waals surface area contributed by atoms with Gasteiger partial charge in [-0.05, 0) is 50.8 Å². The van der Waals surface area contributed by atoms with Crippen LogP contribution in [-0.2, 0) is 0 Å². The molecule has 0 aliphatic rings. The number of carbonyl (C=O) groups excluding carboxylic acids is 2. The molecule has 0 saturated carbocycles. The van der Waals surface area contributed by atoms with Crippen molar-refractivity contribution in [1.82, 2.24) is 15.5 Å². The van der Waals surface area contributed by atoms with Crippen LogP contribution in [0.5, 0.6) is 0 Å². The Bertz CT molecular complexity index is 697. The van der Waals surface area contributed by atoms with E-state index < -0.39 is 0 Å². The molecule has 2 amide bonds. The first-order valence-corrected chi connectivity index (χ1v) is 8.36. The van der Waals surface area contributed by atoms with Crippen LogP contribution in [0.15, 0.2) is 54.6 Å². The highest BCUT2D eigenvalue weighted by Crippen LogP contribution is 2.13. The van der Waals surface area contributed by atoms with E-state index in [-0.39, 0.29) is 17.9 Å². The first kappa shape index (κ1) is 18.7. The van der Waals surface area contributed by atoms with Gasteiger partial charge in [-0.2, -0.15) is 0 Å². The molecular formula is C20H25N3O2. The molecule has 25 heavy (non-hydrogen) atoms. The number of nitrogens with zero attached hydrogens (tertiary/aromatic N) is 1.